The van der Waals surface area contributed by atoms with Crippen molar-refractivity contribution in [2.75, 3.05) is 5.32 Å². The van der Waals surface area contributed by atoms with Gasteiger partial charge in [-0.05, 0) is 31.2 Å². The molecule has 0 amide bonds. The molecule has 1 aromatic carbocycles. The van der Waals surface area contributed by atoms with E-state index in [1.165, 1.54) is 12.1 Å². The molecule has 4 nitrogen and oxygen atoms in total. The van der Waals surface area contributed by atoms with Crippen LogP contribution in [0.2, 0.25) is 0 Å². The first-order valence-electron chi connectivity index (χ1n) is 5.52. The van der Waals surface area contributed by atoms with Crippen LogP contribution in [0.3, 0.4) is 0 Å². The molecule has 1 aromatic heterocycles. The molecule has 2 rings (SSSR count). The van der Waals surface area contributed by atoms with E-state index in [2.05, 4.69) is 15.0 Å². The summed E-state index contributed by atoms with van der Waals surface area (Å²) in [6.45, 7) is 0.00393. The zero-order valence-electron chi connectivity index (χ0n) is 9.81. The number of halogens is 2. The van der Waals surface area contributed by atoms with Gasteiger partial charge in [0, 0.05) is 24.6 Å². The fourth-order valence-electron chi connectivity index (χ4n) is 1.54. The van der Waals surface area contributed by atoms with Gasteiger partial charge in [0.1, 0.15) is 5.75 Å². The number of hydrogen-bond donors (Lipinski definition) is 1. The van der Waals surface area contributed by atoms with E-state index in [1.54, 1.807) is 18.3 Å². The number of ether oxygens (including phenoxy) is 1. The summed E-state index contributed by atoms with van der Waals surface area (Å²) in [6, 6.07) is 6.28. The van der Waals surface area contributed by atoms with Crippen LogP contribution in [0, 0.1) is 0 Å². The molecule has 0 bridgehead atoms. The summed E-state index contributed by atoms with van der Waals surface area (Å²) in [4.78, 5) is 4.15. The highest BCUT2D eigenvalue weighted by molar-refractivity contribution is 5.54. The Bertz CT molecular complexity index is 496. The summed E-state index contributed by atoms with van der Waals surface area (Å²) >= 11 is 0. The Morgan fingerprint density at radius 3 is 2.67 bits per heavy atom. The molecule has 1 N–H and O–H groups in total. The highest BCUT2D eigenvalue weighted by Gasteiger charge is 2.05. The minimum absolute atomic E-state index is 0.134. The largest absolute Gasteiger partial charge is 0.435 e. The second-order valence-corrected chi connectivity index (χ2v) is 3.56. The predicted molar refractivity (Wildman–Crippen MR) is 64.3 cm³/mol. The third kappa shape index (κ3) is 2.97. The number of benzene rings is 1. The molecule has 18 heavy (non-hydrogen) atoms. The fraction of sp³-hybridized carbons (Fsp3) is 0.250. The smallest absolute Gasteiger partial charge is 0.387 e. The fourth-order valence-corrected chi connectivity index (χ4v) is 1.54. The van der Waals surface area contributed by atoms with Crippen LogP contribution in [-0.4, -0.2) is 16.2 Å². The van der Waals surface area contributed by atoms with Crippen molar-refractivity contribution < 1.29 is 13.5 Å². The molecule has 0 radical (unpaired) electrons. The van der Waals surface area contributed by atoms with Gasteiger partial charge in [-0.25, -0.2) is 4.98 Å². The summed E-state index contributed by atoms with van der Waals surface area (Å²) < 4.78 is 30.1. The number of aryl methyl sites for hydroxylation is 1. The number of nitrogens with zero attached hydrogens (tertiary/aromatic N) is 2. The molecule has 96 valence electrons. The minimum Gasteiger partial charge on any atom is -0.435 e. The van der Waals surface area contributed by atoms with Crippen LogP contribution in [0.15, 0.2) is 36.7 Å². The molecule has 0 saturated heterocycles. The van der Waals surface area contributed by atoms with Gasteiger partial charge in [-0.2, -0.15) is 8.78 Å². The third-order valence-corrected chi connectivity index (χ3v) is 2.39. The Hall–Kier alpha value is -2.11. The van der Waals surface area contributed by atoms with Crippen LogP contribution >= 0.6 is 0 Å². The second kappa shape index (κ2) is 5.48. The highest BCUT2D eigenvalue weighted by Crippen LogP contribution is 2.20. The van der Waals surface area contributed by atoms with Crippen molar-refractivity contribution >= 4 is 11.6 Å². The molecule has 0 fully saturated rings. The standard InChI is InChI=1S/C12H13F2N3O/c1-2-17-8-7-15-12(17)16-9-3-5-10(6-4-9)18-11(13)14/h3-8,11H,2H2,1H3,(H,15,16). The Balaban J connectivity index is 2.06. The van der Waals surface area contributed by atoms with Gasteiger partial charge in [0.2, 0.25) is 5.95 Å². The van der Waals surface area contributed by atoms with E-state index in [4.69, 9.17) is 0 Å². The topological polar surface area (TPSA) is 39.1 Å². The number of imidazole rings is 1. The van der Waals surface area contributed by atoms with Crippen molar-refractivity contribution in [3.8, 4) is 5.75 Å². The molecule has 0 unspecified atom stereocenters. The van der Waals surface area contributed by atoms with Crippen molar-refractivity contribution in [1.82, 2.24) is 9.55 Å². The van der Waals surface area contributed by atoms with E-state index in [-0.39, 0.29) is 5.75 Å². The maximum Gasteiger partial charge on any atom is 0.387 e. The number of hydrogen-bond acceptors (Lipinski definition) is 3. The van der Waals surface area contributed by atoms with Crippen molar-refractivity contribution in [1.29, 1.82) is 0 Å². The first kappa shape index (κ1) is 12.3. The van der Waals surface area contributed by atoms with Crippen molar-refractivity contribution in [3.63, 3.8) is 0 Å². The van der Waals surface area contributed by atoms with Crippen LogP contribution in [-0.2, 0) is 6.54 Å². The molecule has 0 atom stereocenters. The first-order valence-corrected chi connectivity index (χ1v) is 5.52. The molecule has 0 aliphatic carbocycles. The van der Waals surface area contributed by atoms with E-state index in [0.717, 1.165) is 12.2 Å². The molecule has 1 heterocycles. The number of nitrogens with one attached hydrogen (secondary N) is 1. The second-order valence-electron chi connectivity index (χ2n) is 3.56. The van der Waals surface area contributed by atoms with Gasteiger partial charge in [-0.15, -0.1) is 0 Å². The van der Waals surface area contributed by atoms with E-state index in [0.29, 0.717) is 5.95 Å². The average molecular weight is 253 g/mol. The third-order valence-electron chi connectivity index (χ3n) is 2.39. The molecular formula is C12H13F2N3O. The lowest BCUT2D eigenvalue weighted by Gasteiger charge is -2.09. The maximum absolute atomic E-state index is 12.0. The number of rotatable bonds is 5. The van der Waals surface area contributed by atoms with E-state index < -0.39 is 6.61 Å². The van der Waals surface area contributed by atoms with Crippen LogP contribution in [0.1, 0.15) is 6.92 Å². The van der Waals surface area contributed by atoms with Gasteiger partial charge in [0.05, 0.1) is 0 Å². The summed E-state index contributed by atoms with van der Waals surface area (Å²) in [5, 5.41) is 3.09. The zero-order valence-corrected chi connectivity index (χ0v) is 9.81. The molecule has 0 aliphatic rings. The SMILES string of the molecule is CCn1ccnc1Nc1ccc(OC(F)F)cc1. The minimum atomic E-state index is -2.80. The molecule has 6 heteroatoms. The van der Waals surface area contributed by atoms with Crippen LogP contribution in [0.4, 0.5) is 20.4 Å². The Kier molecular flexibility index (Phi) is 3.76. The van der Waals surface area contributed by atoms with E-state index in [9.17, 15) is 8.78 Å². The lowest BCUT2D eigenvalue weighted by Crippen LogP contribution is -2.03. The van der Waals surface area contributed by atoms with Crippen LogP contribution in [0.25, 0.3) is 0 Å². The summed E-state index contributed by atoms with van der Waals surface area (Å²) in [5.41, 5.74) is 0.762. The average Bonchev–Trinajstić information content (AvgIpc) is 2.78. The van der Waals surface area contributed by atoms with Crippen LogP contribution < -0.4 is 10.1 Å². The van der Waals surface area contributed by atoms with Gasteiger partial charge in [0.15, 0.2) is 0 Å². The predicted octanol–water partition coefficient (Wildman–Crippen LogP) is 3.25. The van der Waals surface area contributed by atoms with Crippen LogP contribution in [0.5, 0.6) is 5.75 Å². The molecular weight excluding hydrogens is 240 g/mol. The van der Waals surface area contributed by atoms with E-state index in [1.807, 2.05) is 17.7 Å². The summed E-state index contributed by atoms with van der Waals surface area (Å²) in [7, 11) is 0. The Morgan fingerprint density at radius 2 is 2.06 bits per heavy atom. The molecule has 0 saturated carbocycles. The number of anilines is 2. The van der Waals surface area contributed by atoms with Crippen molar-refractivity contribution in [3.05, 3.63) is 36.7 Å². The molecule has 0 spiro atoms. The maximum atomic E-state index is 12.0. The lowest BCUT2D eigenvalue weighted by atomic mass is 10.3. The lowest BCUT2D eigenvalue weighted by molar-refractivity contribution is -0.0498. The van der Waals surface area contributed by atoms with Crippen molar-refractivity contribution in [2.45, 2.75) is 20.1 Å². The van der Waals surface area contributed by atoms with Gasteiger partial charge < -0.3 is 14.6 Å². The first-order chi connectivity index (χ1) is 8.69. The number of alkyl halides is 2. The highest BCUT2D eigenvalue weighted by atomic mass is 19.3. The molecule has 0 aliphatic heterocycles. The quantitative estimate of drug-likeness (QED) is 0.889. The monoisotopic (exact) mass is 253 g/mol. The van der Waals surface area contributed by atoms with E-state index >= 15 is 0 Å². The van der Waals surface area contributed by atoms with Gasteiger partial charge in [0.25, 0.3) is 0 Å². The van der Waals surface area contributed by atoms with Crippen molar-refractivity contribution in [2.24, 2.45) is 0 Å². The Labute approximate surface area is 103 Å². The van der Waals surface area contributed by atoms with Gasteiger partial charge >= 0.3 is 6.61 Å². The summed E-state index contributed by atoms with van der Waals surface area (Å²) in [5.74, 6) is 0.842. The number of aromatic nitrogens is 2. The zero-order chi connectivity index (χ0) is 13.0. The normalized spacial score (nSPS) is 10.7. The molecule has 2 aromatic rings. The van der Waals surface area contributed by atoms with Gasteiger partial charge in [-0.3, -0.25) is 0 Å². The van der Waals surface area contributed by atoms with Gasteiger partial charge in [-0.1, -0.05) is 0 Å². The Morgan fingerprint density at radius 1 is 1.33 bits per heavy atom. The summed E-state index contributed by atoms with van der Waals surface area (Å²) in [6.07, 6.45) is 3.55.